The van der Waals surface area contributed by atoms with Gasteiger partial charge in [-0.2, -0.15) is 5.26 Å². The first-order valence-corrected chi connectivity index (χ1v) is 9.59. The molecule has 7 N–H and O–H groups in total. The van der Waals surface area contributed by atoms with Crippen LogP contribution in [0.3, 0.4) is 0 Å². The minimum Gasteiger partial charge on any atom is -0.443 e. The van der Waals surface area contributed by atoms with Crippen LogP contribution in [-0.4, -0.2) is 65.5 Å². The summed E-state index contributed by atoms with van der Waals surface area (Å²) in [4.78, 5) is 36.0. The Kier molecular flexibility index (Phi) is 10.3. The van der Waals surface area contributed by atoms with Crippen molar-refractivity contribution in [2.75, 3.05) is 13.1 Å². The van der Waals surface area contributed by atoms with Gasteiger partial charge in [-0.25, -0.2) is 4.79 Å². The van der Waals surface area contributed by atoms with Crippen LogP contribution in [0.1, 0.15) is 19.8 Å². The number of carbonyl (C=O) groups excluding carboxylic acids is 3. The summed E-state index contributed by atoms with van der Waals surface area (Å²) in [6.45, 7) is 5.99. The van der Waals surface area contributed by atoms with E-state index < -0.39 is 42.2 Å². The number of nitrogens with two attached hydrogens (primary N) is 1. The van der Waals surface area contributed by atoms with Crippen LogP contribution in [0.4, 0.5) is 4.79 Å². The lowest BCUT2D eigenvalue weighted by Gasteiger charge is -2.34. The van der Waals surface area contributed by atoms with Gasteiger partial charge in [-0.3, -0.25) is 9.59 Å². The lowest BCUT2D eigenvalue weighted by Crippen LogP contribution is -2.55. The first-order valence-electron chi connectivity index (χ1n) is 9.19. The highest BCUT2D eigenvalue weighted by molar-refractivity contribution is 7.80. The van der Waals surface area contributed by atoms with Gasteiger partial charge in [-0.15, -0.1) is 6.58 Å². The minimum absolute atomic E-state index is 0.126. The fraction of sp³-hybridized carbons (Fsp3) is 0.500. The molecule has 1 aliphatic carbocycles. The molecule has 4 unspecified atom stereocenters. The summed E-state index contributed by atoms with van der Waals surface area (Å²) >= 11 is 5.12. The smallest absolute Gasteiger partial charge is 0.407 e. The van der Waals surface area contributed by atoms with Gasteiger partial charge in [-0.1, -0.05) is 12.2 Å². The summed E-state index contributed by atoms with van der Waals surface area (Å²) in [6.07, 6.45) is -0.630. The number of primary amides is 1. The number of carbonyl (C=O) groups is 3. The molecule has 1 aliphatic rings. The number of hydrogen-bond donors (Lipinski definition) is 6. The molecule has 1 rings (SSSR count). The molecule has 0 aromatic rings. The van der Waals surface area contributed by atoms with Gasteiger partial charge in [0.1, 0.15) is 18.2 Å². The molecule has 164 valence electrons. The molecule has 3 amide bonds. The zero-order valence-corrected chi connectivity index (χ0v) is 17.3. The Hall–Kier alpha value is -3.17. The van der Waals surface area contributed by atoms with Gasteiger partial charge in [0.25, 0.3) is 0 Å². The molecular formula is C18H26N6O5S. The Bertz CT molecular complexity index is 750. The zero-order chi connectivity index (χ0) is 22.7. The summed E-state index contributed by atoms with van der Waals surface area (Å²) in [6, 6.07) is -0.267. The molecule has 12 heteroatoms. The van der Waals surface area contributed by atoms with Crippen LogP contribution in [0.25, 0.3) is 0 Å². The number of nitrogens with one attached hydrogen (secondary N) is 4. The van der Waals surface area contributed by atoms with Crippen molar-refractivity contribution in [2.45, 2.75) is 44.1 Å². The highest BCUT2D eigenvalue weighted by Crippen LogP contribution is 2.23. The Labute approximate surface area is 179 Å². The molecule has 0 aliphatic heterocycles. The van der Waals surface area contributed by atoms with Gasteiger partial charge in [-0.05, 0) is 19.1 Å². The summed E-state index contributed by atoms with van der Waals surface area (Å²) < 4.78 is 5.24. The van der Waals surface area contributed by atoms with Crippen molar-refractivity contribution in [3.8, 4) is 6.07 Å². The number of amides is 3. The molecule has 0 aromatic heterocycles. The van der Waals surface area contributed by atoms with Gasteiger partial charge in [0.2, 0.25) is 11.8 Å². The van der Waals surface area contributed by atoms with E-state index in [4.69, 9.17) is 28.0 Å². The number of aliphatic hydroxyl groups is 1. The quantitative estimate of drug-likeness (QED) is 0.188. The fourth-order valence-electron chi connectivity index (χ4n) is 2.62. The van der Waals surface area contributed by atoms with E-state index in [9.17, 15) is 19.5 Å². The second-order valence-corrected chi connectivity index (χ2v) is 6.73. The molecular weight excluding hydrogens is 412 g/mol. The molecule has 0 bridgehead atoms. The maximum absolute atomic E-state index is 12.6. The maximum atomic E-state index is 12.6. The van der Waals surface area contributed by atoms with Gasteiger partial charge >= 0.3 is 6.09 Å². The van der Waals surface area contributed by atoms with Crippen LogP contribution >= 0.6 is 12.2 Å². The number of aliphatic hydroxyl groups excluding tert-OH is 1. The Balaban J connectivity index is 3.05. The third-order valence-corrected chi connectivity index (χ3v) is 4.33. The second-order valence-electron chi connectivity index (χ2n) is 6.32. The summed E-state index contributed by atoms with van der Waals surface area (Å²) in [7, 11) is 0. The SMILES string of the molecule is C=CCNC(=O)OC1CC(C(=O)NC(CC#N)C(N)=O)=CC(NC(=S)NCC)C1O. The Morgan fingerprint density at radius 3 is 2.77 bits per heavy atom. The standard InChI is InChI=1S/C18H26N6O5S/c1-3-7-22-18(28)29-13-9-10(16(27)23-11(5-6-19)15(20)26)8-12(14(13)25)24-17(30)21-4-2/h3,8,11-14,25H,1,4-5,7,9H2,2H3,(H2,20,26)(H,22,28)(H,23,27)(H2,21,24,30). The Morgan fingerprint density at radius 2 is 2.20 bits per heavy atom. The highest BCUT2D eigenvalue weighted by Gasteiger charge is 2.37. The highest BCUT2D eigenvalue weighted by atomic mass is 32.1. The van der Waals surface area contributed by atoms with E-state index in [0.717, 1.165) is 0 Å². The normalized spacial score (nSPS) is 21.1. The lowest BCUT2D eigenvalue weighted by molar-refractivity contribution is -0.125. The molecule has 0 fully saturated rings. The van der Waals surface area contributed by atoms with Gasteiger partial charge < -0.3 is 36.8 Å². The second kappa shape index (κ2) is 12.4. The number of thiocarbonyl (C=S) groups is 1. The monoisotopic (exact) mass is 438 g/mol. The predicted octanol–water partition coefficient (Wildman–Crippen LogP) is -1.31. The van der Waals surface area contributed by atoms with Crippen LogP contribution < -0.4 is 27.0 Å². The van der Waals surface area contributed by atoms with Crippen LogP contribution in [0, 0.1) is 11.3 Å². The third kappa shape index (κ3) is 7.69. The van der Waals surface area contributed by atoms with Crippen LogP contribution in [0.5, 0.6) is 0 Å². The number of nitrogens with zero attached hydrogens (tertiary/aromatic N) is 1. The summed E-state index contributed by atoms with van der Waals surface area (Å²) in [5.41, 5.74) is 5.33. The topological polar surface area (TPSA) is 179 Å². The van der Waals surface area contributed by atoms with E-state index in [2.05, 4.69) is 27.8 Å². The minimum atomic E-state index is -1.21. The number of hydrogen-bond acceptors (Lipinski definition) is 7. The largest absolute Gasteiger partial charge is 0.443 e. The molecule has 0 aromatic carbocycles. The lowest BCUT2D eigenvalue weighted by atomic mass is 9.89. The summed E-state index contributed by atoms with van der Waals surface area (Å²) in [5, 5.41) is 30.1. The Morgan fingerprint density at radius 1 is 1.50 bits per heavy atom. The first kappa shape index (κ1) is 24.9. The molecule has 11 nitrogen and oxygen atoms in total. The average molecular weight is 439 g/mol. The molecule has 0 heterocycles. The van der Waals surface area contributed by atoms with Crippen molar-refractivity contribution < 1.29 is 24.2 Å². The van der Waals surface area contributed by atoms with Crippen molar-refractivity contribution in [1.29, 1.82) is 5.26 Å². The van der Waals surface area contributed by atoms with Crippen LogP contribution in [-0.2, 0) is 14.3 Å². The van der Waals surface area contributed by atoms with E-state index in [1.165, 1.54) is 12.2 Å². The van der Waals surface area contributed by atoms with E-state index in [1.807, 2.05) is 6.92 Å². The van der Waals surface area contributed by atoms with Gasteiger partial charge in [0.15, 0.2) is 5.11 Å². The molecule has 0 spiro atoms. The summed E-state index contributed by atoms with van der Waals surface area (Å²) in [5.74, 6) is -1.54. The van der Waals surface area contributed by atoms with Gasteiger partial charge in [0, 0.05) is 25.1 Å². The van der Waals surface area contributed by atoms with Crippen molar-refractivity contribution in [3.63, 3.8) is 0 Å². The fourth-order valence-corrected chi connectivity index (χ4v) is 2.90. The van der Waals surface area contributed by atoms with Crippen LogP contribution in [0.15, 0.2) is 24.3 Å². The molecule has 0 radical (unpaired) electrons. The number of rotatable bonds is 9. The van der Waals surface area contributed by atoms with Crippen molar-refractivity contribution in [3.05, 3.63) is 24.3 Å². The zero-order valence-electron chi connectivity index (χ0n) is 16.5. The third-order valence-electron chi connectivity index (χ3n) is 4.07. The number of ether oxygens (including phenoxy) is 1. The average Bonchev–Trinajstić information content (AvgIpc) is 2.68. The number of nitriles is 1. The number of alkyl carbamates (subject to hydrolysis) is 1. The van der Waals surface area contributed by atoms with Crippen molar-refractivity contribution in [1.82, 2.24) is 21.3 Å². The molecule has 0 saturated heterocycles. The molecule has 30 heavy (non-hydrogen) atoms. The van der Waals surface area contributed by atoms with Crippen molar-refractivity contribution >= 4 is 35.2 Å². The molecule has 0 saturated carbocycles. The van der Waals surface area contributed by atoms with E-state index in [0.29, 0.717) is 6.54 Å². The van der Waals surface area contributed by atoms with E-state index in [-0.39, 0.29) is 30.1 Å². The maximum Gasteiger partial charge on any atom is 0.407 e. The molecule has 4 atom stereocenters. The van der Waals surface area contributed by atoms with Crippen molar-refractivity contribution in [2.24, 2.45) is 5.73 Å². The van der Waals surface area contributed by atoms with Crippen LogP contribution in [0.2, 0.25) is 0 Å². The van der Waals surface area contributed by atoms with Gasteiger partial charge in [0.05, 0.1) is 18.5 Å². The van der Waals surface area contributed by atoms with E-state index >= 15 is 0 Å². The van der Waals surface area contributed by atoms with E-state index in [1.54, 1.807) is 6.07 Å². The first-order chi connectivity index (χ1) is 14.2. The predicted molar refractivity (Wildman–Crippen MR) is 112 cm³/mol.